The number of hydrogen-bond acceptors (Lipinski definition) is 4. The van der Waals surface area contributed by atoms with Crippen LogP contribution in [0.5, 0.6) is 0 Å². The van der Waals surface area contributed by atoms with Crippen LogP contribution in [-0.4, -0.2) is 34.9 Å². The van der Waals surface area contributed by atoms with Crippen LogP contribution in [0.3, 0.4) is 0 Å². The largest absolute Gasteiger partial charge is 0.330 e. The third-order valence-corrected chi connectivity index (χ3v) is 6.67. The Labute approximate surface area is 129 Å². The molecule has 3 fully saturated rings. The van der Waals surface area contributed by atoms with Crippen LogP contribution in [0.15, 0.2) is 5.51 Å². The predicted molar refractivity (Wildman–Crippen MR) is 83.2 cm³/mol. The number of thiazole rings is 1. The number of β-lactam (4-membered cyclic amide) rings is 1. The summed E-state index contributed by atoms with van der Waals surface area (Å²) in [6.45, 7) is 4.17. The van der Waals surface area contributed by atoms with Crippen LogP contribution in [0, 0.1) is 12.3 Å². The highest BCUT2D eigenvalue weighted by Gasteiger charge is 2.63. The van der Waals surface area contributed by atoms with Crippen LogP contribution >= 0.6 is 11.3 Å². The van der Waals surface area contributed by atoms with Gasteiger partial charge in [-0.1, -0.05) is 12.8 Å². The molecule has 4 rings (SSSR count). The second-order valence-electron chi connectivity index (χ2n) is 6.76. The highest BCUT2D eigenvalue weighted by atomic mass is 32.1. The summed E-state index contributed by atoms with van der Waals surface area (Å²) >= 11 is 1.74. The van der Waals surface area contributed by atoms with Crippen molar-refractivity contribution < 1.29 is 4.79 Å². The summed E-state index contributed by atoms with van der Waals surface area (Å²) in [6, 6.07) is 0.736. The smallest absolute Gasteiger partial charge is 0.232 e. The van der Waals surface area contributed by atoms with Crippen molar-refractivity contribution in [2.75, 3.05) is 13.1 Å². The molecule has 1 amide bonds. The van der Waals surface area contributed by atoms with Crippen molar-refractivity contribution in [2.45, 2.75) is 57.5 Å². The molecule has 1 atom stereocenters. The minimum absolute atomic E-state index is 0.0812. The Morgan fingerprint density at radius 1 is 1.33 bits per heavy atom. The maximum absolute atomic E-state index is 13.0. The number of nitrogens with one attached hydrogen (secondary N) is 1. The van der Waals surface area contributed by atoms with E-state index in [1.807, 2.05) is 5.51 Å². The summed E-state index contributed by atoms with van der Waals surface area (Å²) in [4.78, 5) is 21.0. The van der Waals surface area contributed by atoms with Crippen LogP contribution in [0.4, 0.5) is 0 Å². The molecule has 1 aliphatic carbocycles. The fourth-order valence-electron chi connectivity index (χ4n) is 4.60. The number of carbonyl (C=O) groups excluding carboxylic acids is 1. The number of aromatic nitrogens is 1. The Balaban J connectivity index is 1.69. The lowest BCUT2D eigenvalue weighted by atomic mass is 9.67. The van der Waals surface area contributed by atoms with Gasteiger partial charge in [-0.3, -0.25) is 4.79 Å². The van der Waals surface area contributed by atoms with E-state index in [1.54, 1.807) is 11.3 Å². The third kappa shape index (κ3) is 1.90. The number of piperidine rings is 1. The number of aryl methyl sites for hydroxylation is 1. The van der Waals surface area contributed by atoms with Gasteiger partial charge < -0.3 is 10.2 Å². The molecule has 0 bridgehead atoms. The lowest BCUT2D eigenvalue weighted by molar-refractivity contribution is -0.179. The van der Waals surface area contributed by atoms with E-state index in [9.17, 15) is 4.79 Å². The number of rotatable bonds is 2. The van der Waals surface area contributed by atoms with Crippen LogP contribution < -0.4 is 5.32 Å². The molecule has 3 heterocycles. The fourth-order valence-corrected chi connectivity index (χ4v) is 5.61. The first-order chi connectivity index (χ1) is 10.2. The zero-order chi connectivity index (χ0) is 14.4. The normalized spacial score (nSPS) is 29.1. The molecule has 2 saturated heterocycles. The van der Waals surface area contributed by atoms with Crippen molar-refractivity contribution in [1.82, 2.24) is 15.2 Å². The third-order valence-electron chi connectivity index (χ3n) is 5.69. The molecule has 1 aromatic heterocycles. The maximum atomic E-state index is 13.0. The molecule has 114 valence electrons. The van der Waals surface area contributed by atoms with Gasteiger partial charge in [-0.25, -0.2) is 4.98 Å². The van der Waals surface area contributed by atoms with E-state index < -0.39 is 0 Å². The van der Waals surface area contributed by atoms with Gasteiger partial charge in [-0.05, 0) is 45.7 Å². The topological polar surface area (TPSA) is 45.2 Å². The van der Waals surface area contributed by atoms with Crippen LogP contribution in [-0.2, 0) is 4.79 Å². The van der Waals surface area contributed by atoms with E-state index in [0.717, 1.165) is 44.5 Å². The SMILES string of the molecule is Cc1ncsc1C1N(C2CCNCC2)C(=O)C12CCCC2. The lowest BCUT2D eigenvalue weighted by Gasteiger charge is -2.58. The Morgan fingerprint density at radius 3 is 2.67 bits per heavy atom. The lowest BCUT2D eigenvalue weighted by Crippen LogP contribution is -2.66. The Hall–Kier alpha value is -0.940. The van der Waals surface area contributed by atoms with E-state index >= 15 is 0 Å². The monoisotopic (exact) mass is 305 g/mol. The van der Waals surface area contributed by atoms with Crippen molar-refractivity contribution in [1.29, 1.82) is 0 Å². The van der Waals surface area contributed by atoms with Crippen molar-refractivity contribution in [3.63, 3.8) is 0 Å². The molecule has 21 heavy (non-hydrogen) atoms. The first-order valence-corrected chi connectivity index (χ1v) is 9.05. The predicted octanol–water partition coefficient (Wildman–Crippen LogP) is 2.65. The minimum atomic E-state index is -0.0812. The Kier molecular flexibility index (Phi) is 3.30. The van der Waals surface area contributed by atoms with E-state index in [-0.39, 0.29) is 5.41 Å². The van der Waals surface area contributed by atoms with Crippen LogP contribution in [0.2, 0.25) is 0 Å². The van der Waals surface area contributed by atoms with Gasteiger partial charge >= 0.3 is 0 Å². The van der Waals surface area contributed by atoms with Crippen molar-refractivity contribution in [2.24, 2.45) is 5.41 Å². The molecular weight excluding hydrogens is 282 g/mol. The maximum Gasteiger partial charge on any atom is 0.232 e. The minimum Gasteiger partial charge on any atom is -0.330 e. The summed E-state index contributed by atoms with van der Waals surface area (Å²) in [5.41, 5.74) is 2.99. The van der Waals surface area contributed by atoms with Gasteiger partial charge in [-0.15, -0.1) is 11.3 Å². The summed E-state index contributed by atoms with van der Waals surface area (Å²) in [5, 5.41) is 3.41. The van der Waals surface area contributed by atoms with E-state index in [4.69, 9.17) is 0 Å². The van der Waals surface area contributed by atoms with E-state index in [0.29, 0.717) is 18.0 Å². The van der Waals surface area contributed by atoms with Crippen molar-refractivity contribution >= 4 is 17.2 Å². The van der Waals surface area contributed by atoms with Gasteiger partial charge in [-0.2, -0.15) is 0 Å². The fraction of sp³-hybridized carbons (Fsp3) is 0.750. The zero-order valence-corrected chi connectivity index (χ0v) is 13.4. The molecule has 1 unspecified atom stereocenters. The molecule has 5 heteroatoms. The van der Waals surface area contributed by atoms with Gasteiger partial charge in [0, 0.05) is 6.04 Å². The average molecular weight is 305 g/mol. The summed E-state index contributed by atoms with van der Waals surface area (Å²) in [7, 11) is 0. The van der Waals surface area contributed by atoms with E-state index in [1.165, 1.54) is 17.7 Å². The zero-order valence-electron chi connectivity index (χ0n) is 12.6. The number of carbonyl (C=O) groups is 1. The molecule has 4 nitrogen and oxygen atoms in total. The first kappa shape index (κ1) is 13.7. The molecular formula is C16H23N3OS. The first-order valence-electron chi connectivity index (χ1n) is 8.17. The van der Waals surface area contributed by atoms with Gasteiger partial charge in [0.05, 0.1) is 27.5 Å². The highest BCUT2D eigenvalue weighted by molar-refractivity contribution is 7.09. The Bertz CT molecular complexity index is 543. The second-order valence-corrected chi connectivity index (χ2v) is 7.65. The number of amides is 1. The Morgan fingerprint density at radius 2 is 2.05 bits per heavy atom. The molecule has 3 aliphatic rings. The van der Waals surface area contributed by atoms with Gasteiger partial charge in [0.15, 0.2) is 0 Å². The van der Waals surface area contributed by atoms with E-state index in [2.05, 4.69) is 22.1 Å². The highest BCUT2D eigenvalue weighted by Crippen LogP contribution is 2.61. The number of nitrogens with zero attached hydrogens (tertiary/aromatic N) is 2. The summed E-state index contributed by atoms with van der Waals surface area (Å²) in [6.07, 6.45) is 6.76. The standard InChI is InChI=1S/C16H23N3OS/c1-11-13(21-10-18-11)14-16(6-2-3-7-16)15(20)19(14)12-4-8-17-9-5-12/h10,12,14,17H,2-9H2,1H3. The average Bonchev–Trinajstić information content (AvgIpc) is 3.15. The van der Waals surface area contributed by atoms with Crippen LogP contribution in [0.1, 0.15) is 55.1 Å². The number of likely N-dealkylation sites (tertiary alicyclic amines) is 1. The molecule has 1 aromatic rings. The molecule has 0 radical (unpaired) electrons. The number of hydrogen-bond donors (Lipinski definition) is 1. The van der Waals surface area contributed by atoms with Crippen molar-refractivity contribution in [3.8, 4) is 0 Å². The van der Waals surface area contributed by atoms with Gasteiger partial charge in [0.25, 0.3) is 0 Å². The molecule has 2 aliphatic heterocycles. The molecule has 1 spiro atoms. The van der Waals surface area contributed by atoms with Crippen molar-refractivity contribution in [3.05, 3.63) is 16.1 Å². The van der Waals surface area contributed by atoms with Crippen LogP contribution in [0.25, 0.3) is 0 Å². The quantitative estimate of drug-likeness (QED) is 0.854. The summed E-state index contributed by atoms with van der Waals surface area (Å²) < 4.78 is 0. The molecule has 1 N–H and O–H groups in total. The van der Waals surface area contributed by atoms with Gasteiger partial charge in [0.2, 0.25) is 5.91 Å². The van der Waals surface area contributed by atoms with Gasteiger partial charge in [0.1, 0.15) is 0 Å². The molecule has 1 saturated carbocycles. The molecule has 0 aromatic carbocycles. The second kappa shape index (κ2) is 5.06. The summed E-state index contributed by atoms with van der Waals surface area (Å²) in [5.74, 6) is 0.435.